The summed E-state index contributed by atoms with van der Waals surface area (Å²) in [5, 5.41) is 19.3. The summed E-state index contributed by atoms with van der Waals surface area (Å²) in [6.07, 6.45) is 15.3. The number of ether oxygens (including phenoxy) is 11. The van der Waals surface area contributed by atoms with Gasteiger partial charge >= 0.3 is 59.7 Å². The number of nitrogens with zero attached hydrogens (tertiary/aromatic N) is 1. The minimum Gasteiger partial charge on any atom is -0.458 e. The van der Waals surface area contributed by atoms with Crippen molar-refractivity contribution in [2.24, 2.45) is 112 Å². The molecule has 27 heteroatoms. The quantitative estimate of drug-likeness (QED) is 0.0376. The van der Waals surface area contributed by atoms with Crippen molar-refractivity contribution in [1.82, 2.24) is 0 Å². The molecule has 109 heavy (non-hydrogen) atoms. The topological polar surface area (TPSA) is 360 Å². The first-order chi connectivity index (χ1) is 51.4. The van der Waals surface area contributed by atoms with E-state index in [0.29, 0.717) is 71.0 Å². The predicted molar refractivity (Wildman–Crippen MR) is 379 cm³/mol. The van der Waals surface area contributed by atoms with Crippen molar-refractivity contribution >= 4 is 69.8 Å². The van der Waals surface area contributed by atoms with E-state index in [2.05, 4.69) is 45.5 Å². The molecule has 4 aliphatic heterocycles. The summed E-state index contributed by atoms with van der Waals surface area (Å²) in [6, 6.07) is 2.11. The van der Waals surface area contributed by atoms with Gasteiger partial charge in [0.05, 0.1) is 34.9 Å². The highest BCUT2D eigenvalue weighted by Gasteiger charge is 2.73. The Morgan fingerprint density at radius 2 is 1.02 bits per heavy atom. The molecule has 1 N–H and O–H groups in total. The second-order valence-corrected chi connectivity index (χ2v) is 37.4. The van der Waals surface area contributed by atoms with Gasteiger partial charge < -0.3 is 57.2 Å². The molecule has 16 aliphatic carbocycles. The molecule has 20 rings (SSSR count). The van der Waals surface area contributed by atoms with Crippen molar-refractivity contribution in [3.63, 3.8) is 0 Å². The van der Waals surface area contributed by atoms with Crippen molar-refractivity contribution in [2.75, 3.05) is 6.61 Å². The zero-order valence-electron chi connectivity index (χ0n) is 63.2. The van der Waals surface area contributed by atoms with E-state index in [9.17, 15) is 66.7 Å². The first-order valence-electron chi connectivity index (χ1n) is 39.1. The first kappa shape index (κ1) is 78.2. The van der Waals surface area contributed by atoms with Gasteiger partial charge in [-0.15, -0.1) is 0 Å². The Morgan fingerprint density at radius 3 is 1.55 bits per heavy atom. The van der Waals surface area contributed by atoms with Crippen LogP contribution in [0, 0.1) is 123 Å². The monoisotopic (exact) mass is 1530 g/mol. The Hall–Kier alpha value is -7.54. The number of carbonyl (C=O) groups is 10. The highest BCUT2D eigenvalue weighted by Crippen LogP contribution is 2.69. The summed E-state index contributed by atoms with van der Waals surface area (Å²) < 4.78 is 87.4. The maximum Gasteiger partial charge on any atom is 0.344 e. The third-order valence-electron chi connectivity index (χ3n) is 28.0. The Labute approximate surface area is 635 Å². The lowest BCUT2D eigenvalue weighted by Crippen LogP contribution is -2.60. The number of esters is 10. The van der Waals surface area contributed by atoms with E-state index in [-0.39, 0.29) is 112 Å². The molecule has 30 atom stereocenters. The van der Waals surface area contributed by atoms with E-state index in [1.165, 1.54) is 45.4 Å². The lowest BCUT2D eigenvalue weighted by Gasteiger charge is -2.59. The second kappa shape index (κ2) is 29.2. The average Bonchev–Trinajstić information content (AvgIpc) is 1.64. The molecule has 0 amide bonds. The number of rotatable bonds is 16. The molecule has 30 unspecified atom stereocenters. The SMILES string of the molecule is C=C(C)C(=O)OC(C)OC1CC2CC1C1C3CCC(C3)C21.C=C(C)C(=O)OC12CC3CC(CC(O)(C3)C1)C2.C=C(C)C(=O)OC1C2CC3C(=O)OC1C3C2.C=C(C)C(=O)OC1C2CC3C1OC(=O)C3(C#N)C2.C=C(C)C(=O)OC1C2CC3C1OS(=O)(=O)C3C2.C=C(C)C(=O)OCC(=O)OC1C2CC3C(=O)OC1C3C2. The van der Waals surface area contributed by atoms with E-state index in [1.54, 1.807) is 34.6 Å². The average molecular weight is 1530 g/mol. The molecule has 4 saturated heterocycles. The molecule has 26 nitrogen and oxygen atoms in total. The highest BCUT2D eigenvalue weighted by molar-refractivity contribution is 7.87. The summed E-state index contributed by atoms with van der Waals surface area (Å²) in [5.41, 5.74) is 0.211. The molecule has 20 fully saturated rings. The number of hydrogen-bond donors (Lipinski definition) is 1. The van der Waals surface area contributed by atoms with Gasteiger partial charge in [-0.2, -0.15) is 13.7 Å². The summed E-state index contributed by atoms with van der Waals surface area (Å²) in [5.74, 6) is 3.74. The molecule has 0 radical (unpaired) electrons. The smallest absolute Gasteiger partial charge is 0.344 e. The number of hydrogen-bond acceptors (Lipinski definition) is 26. The minimum atomic E-state index is -3.43. The van der Waals surface area contributed by atoms with E-state index < -0.39 is 100.0 Å². The van der Waals surface area contributed by atoms with Crippen molar-refractivity contribution in [1.29, 1.82) is 5.26 Å². The fourth-order valence-corrected chi connectivity index (χ4v) is 26.2. The molecule has 16 saturated carbocycles. The van der Waals surface area contributed by atoms with Gasteiger partial charge in [-0.05, 0) is 211 Å². The minimum absolute atomic E-state index is 0.00733. The maximum absolute atomic E-state index is 11.8. The van der Waals surface area contributed by atoms with Crippen LogP contribution in [0.4, 0.5) is 0 Å². The van der Waals surface area contributed by atoms with Crippen LogP contribution in [-0.2, 0) is 114 Å². The van der Waals surface area contributed by atoms with Crippen LogP contribution in [0.15, 0.2) is 72.9 Å². The van der Waals surface area contributed by atoms with Gasteiger partial charge in [0.1, 0.15) is 54.4 Å². The van der Waals surface area contributed by atoms with Gasteiger partial charge in [-0.3, -0.25) is 18.6 Å². The standard InChI is InChI=1S/C18H26O3.C14H16O6.C14H20O3.C13H13NO4.C12H14O4.C11H14O5S/c1-9(2)18(19)21-10(3)20-15-8-13-7-14(15)17-12-5-4-11(6-12)16(13)17;1-6(2)13(16)18-5-10(15)19-11-7-3-8-9(4-7)14(17)20-12(8)11;1-9(2)12(15)17-14-6-10-3-11(7-14)5-13(16,4-10)8-14;1-6(2)11(15)17-9-7-3-8-10(9)18-12(16)13(8,4-7)5-14;1-5(2)11(13)15-9-6-3-7-8(4-6)12(14)16-10(7)9;1-5(2)11(12)15-9-6-3-7-8(4-6)17(13,14)16-10(7)9/h10-17H,1,4-8H2,2-3H3;7-9,11-12H,1,3-5H2,2H3;10-11,16H,1,3-8H2,2H3;7-10H,1,3-4H2,2H3;6-10H,1,3-4H2,2H3;6-10H,1,3-4H2,2H3. The van der Waals surface area contributed by atoms with Gasteiger partial charge in [0, 0.05) is 87.2 Å². The number of nitriles is 1. The van der Waals surface area contributed by atoms with Crippen molar-refractivity contribution in [2.45, 2.75) is 248 Å². The van der Waals surface area contributed by atoms with Gasteiger partial charge in [0.2, 0.25) is 6.29 Å². The van der Waals surface area contributed by atoms with Crippen molar-refractivity contribution in [3.05, 3.63) is 72.9 Å². The van der Waals surface area contributed by atoms with Crippen LogP contribution in [0.1, 0.15) is 170 Å². The number of fused-ring (bicyclic) bond motifs is 13. The molecule has 592 valence electrons. The van der Waals surface area contributed by atoms with Crippen LogP contribution in [0.2, 0.25) is 0 Å². The molecule has 0 aromatic rings. The normalized spacial score (nSPS) is 43.7. The van der Waals surface area contributed by atoms with Crippen molar-refractivity contribution in [3.8, 4) is 6.07 Å². The van der Waals surface area contributed by atoms with E-state index in [0.717, 1.165) is 99.7 Å². The summed E-state index contributed by atoms with van der Waals surface area (Å²) >= 11 is 0. The first-order valence-corrected chi connectivity index (χ1v) is 40.6. The largest absolute Gasteiger partial charge is 0.458 e. The lowest BCUT2D eigenvalue weighted by atomic mass is 9.52. The van der Waals surface area contributed by atoms with Gasteiger partial charge in [-0.1, -0.05) is 39.5 Å². The van der Waals surface area contributed by atoms with Crippen LogP contribution in [0.3, 0.4) is 0 Å². The molecular weight excluding hydrogens is 1430 g/mol. The Bertz CT molecular complexity index is 4040. The molecule has 20 aliphatic rings. The number of aliphatic hydroxyl groups is 1. The predicted octanol–water partition coefficient (Wildman–Crippen LogP) is 8.94. The number of carbonyl (C=O) groups excluding carboxylic acids is 10. The summed E-state index contributed by atoms with van der Waals surface area (Å²) in [4.78, 5) is 116. The van der Waals surface area contributed by atoms with E-state index >= 15 is 0 Å². The zero-order valence-corrected chi connectivity index (χ0v) is 64.0. The molecule has 4 heterocycles. The third kappa shape index (κ3) is 14.4. The fourth-order valence-electron chi connectivity index (χ4n) is 24.3. The second-order valence-electron chi connectivity index (χ2n) is 35.7. The van der Waals surface area contributed by atoms with E-state index in [4.69, 9.17) is 56.3 Å². The summed E-state index contributed by atoms with van der Waals surface area (Å²) in [7, 11) is -3.43. The van der Waals surface area contributed by atoms with Crippen LogP contribution >= 0.6 is 0 Å². The summed E-state index contributed by atoms with van der Waals surface area (Å²) in [6.45, 7) is 32.3. The lowest BCUT2D eigenvalue weighted by molar-refractivity contribution is -0.217. The highest BCUT2D eigenvalue weighted by atomic mass is 32.2. The molecule has 0 spiro atoms. The Balaban J connectivity index is 0.000000109. The molecule has 16 bridgehead atoms. The Kier molecular flexibility index (Phi) is 20.9. The van der Waals surface area contributed by atoms with Crippen LogP contribution in [0.25, 0.3) is 0 Å². The molecule has 0 aromatic heterocycles. The molecular formula is C82H103NO25S. The van der Waals surface area contributed by atoms with Crippen molar-refractivity contribution < 1.29 is 118 Å². The third-order valence-corrected chi connectivity index (χ3v) is 29.8. The van der Waals surface area contributed by atoms with Gasteiger partial charge in [0.15, 0.2) is 12.0 Å². The maximum atomic E-state index is 11.8. The van der Waals surface area contributed by atoms with Gasteiger partial charge in [0.25, 0.3) is 10.1 Å². The molecule has 0 aromatic carbocycles. The Morgan fingerprint density at radius 1 is 0.523 bits per heavy atom. The van der Waals surface area contributed by atoms with Crippen LogP contribution in [-0.4, -0.2) is 158 Å². The zero-order chi connectivity index (χ0) is 78.3. The van der Waals surface area contributed by atoms with Gasteiger partial charge in [-0.25, -0.2) is 33.6 Å². The van der Waals surface area contributed by atoms with Crippen LogP contribution < -0.4 is 0 Å². The van der Waals surface area contributed by atoms with Crippen LogP contribution in [0.5, 0.6) is 0 Å². The fraction of sp³-hybridized carbons (Fsp3) is 0.720. The van der Waals surface area contributed by atoms with E-state index in [1.807, 2.05) is 6.92 Å².